The van der Waals surface area contributed by atoms with Crippen molar-refractivity contribution in [2.75, 3.05) is 50.6 Å². The van der Waals surface area contributed by atoms with Gasteiger partial charge in [0.25, 0.3) is 11.8 Å². The third-order valence-corrected chi connectivity index (χ3v) is 8.60. The second kappa shape index (κ2) is 14.9. The van der Waals surface area contributed by atoms with Gasteiger partial charge in [-0.1, -0.05) is 18.2 Å². The Kier molecular flexibility index (Phi) is 10.6. The van der Waals surface area contributed by atoms with Gasteiger partial charge in [0.1, 0.15) is 11.5 Å². The van der Waals surface area contributed by atoms with Crippen molar-refractivity contribution in [3.8, 4) is 11.5 Å². The molecule has 2 fully saturated rings. The summed E-state index contributed by atoms with van der Waals surface area (Å²) >= 11 is 0. The average molecular weight is 614 g/mol. The zero-order valence-corrected chi connectivity index (χ0v) is 26.1. The molecule has 0 aromatic heterocycles. The lowest BCUT2D eigenvalue weighted by Crippen LogP contribution is -2.40. The highest BCUT2D eigenvalue weighted by molar-refractivity contribution is 6.00. The van der Waals surface area contributed by atoms with Gasteiger partial charge in [0.15, 0.2) is 0 Å². The van der Waals surface area contributed by atoms with Crippen molar-refractivity contribution < 1.29 is 23.9 Å². The minimum absolute atomic E-state index is 0.0422. The first-order chi connectivity index (χ1) is 21.8. The largest absolute Gasteiger partial charge is 0.497 e. The van der Waals surface area contributed by atoms with Crippen LogP contribution in [0.15, 0.2) is 66.7 Å². The van der Waals surface area contributed by atoms with Gasteiger partial charge in [-0.3, -0.25) is 14.4 Å². The molecule has 10 nitrogen and oxygen atoms in total. The highest BCUT2D eigenvalue weighted by Crippen LogP contribution is 2.30. The molecule has 4 N–H and O–H groups in total. The maximum Gasteiger partial charge on any atom is 0.254 e. The second-order valence-electron chi connectivity index (χ2n) is 11.8. The van der Waals surface area contributed by atoms with Crippen molar-refractivity contribution in [1.29, 1.82) is 0 Å². The Bertz CT molecular complexity index is 1490. The van der Waals surface area contributed by atoms with Crippen LogP contribution in [0.25, 0.3) is 0 Å². The van der Waals surface area contributed by atoms with Crippen LogP contribution in [0, 0.1) is 0 Å². The molecule has 1 heterocycles. The van der Waals surface area contributed by atoms with Crippen LogP contribution in [0.4, 0.5) is 11.4 Å². The first-order valence-corrected chi connectivity index (χ1v) is 15.6. The predicted octanol–water partition coefficient (Wildman–Crippen LogP) is 4.24. The van der Waals surface area contributed by atoms with Crippen molar-refractivity contribution in [3.05, 3.63) is 83.4 Å². The van der Waals surface area contributed by atoms with E-state index < -0.39 is 0 Å². The molecule has 0 atom stereocenters. The minimum Gasteiger partial charge on any atom is -0.497 e. The molecule has 1 saturated heterocycles. The van der Waals surface area contributed by atoms with Gasteiger partial charge >= 0.3 is 0 Å². The zero-order chi connectivity index (χ0) is 31.8. The van der Waals surface area contributed by atoms with Crippen molar-refractivity contribution in [1.82, 2.24) is 10.2 Å². The fourth-order valence-corrected chi connectivity index (χ4v) is 6.01. The predicted molar refractivity (Wildman–Crippen MR) is 175 cm³/mol. The number of benzene rings is 3. The molecule has 1 aliphatic heterocycles. The van der Waals surface area contributed by atoms with E-state index in [4.69, 9.17) is 15.2 Å². The van der Waals surface area contributed by atoms with Crippen molar-refractivity contribution in [2.45, 2.75) is 50.6 Å². The molecule has 3 aromatic carbocycles. The smallest absolute Gasteiger partial charge is 0.254 e. The molecule has 0 unspecified atom stereocenters. The van der Waals surface area contributed by atoms with E-state index in [2.05, 4.69) is 15.5 Å². The molecule has 3 amide bonds. The van der Waals surface area contributed by atoms with Gasteiger partial charge in [-0.25, -0.2) is 0 Å². The third-order valence-electron chi connectivity index (χ3n) is 8.60. The number of methoxy groups -OCH3 is 2. The summed E-state index contributed by atoms with van der Waals surface area (Å²) in [5.74, 6) is 0.965. The molecule has 45 heavy (non-hydrogen) atoms. The Morgan fingerprint density at radius 2 is 1.58 bits per heavy atom. The molecule has 238 valence electrons. The highest BCUT2D eigenvalue weighted by Gasteiger charge is 2.25. The molecule has 10 heteroatoms. The Morgan fingerprint density at radius 1 is 0.822 bits per heavy atom. The molecular weight excluding hydrogens is 570 g/mol. The first-order valence-electron chi connectivity index (χ1n) is 15.6. The van der Waals surface area contributed by atoms with E-state index in [1.807, 2.05) is 53.4 Å². The number of hydrogen-bond acceptors (Lipinski definition) is 7. The summed E-state index contributed by atoms with van der Waals surface area (Å²) in [5.41, 5.74) is 9.35. The van der Waals surface area contributed by atoms with E-state index in [-0.39, 0.29) is 36.2 Å². The van der Waals surface area contributed by atoms with Gasteiger partial charge in [0, 0.05) is 49.4 Å². The summed E-state index contributed by atoms with van der Waals surface area (Å²) in [6, 6.07) is 20.3. The lowest BCUT2D eigenvalue weighted by molar-refractivity contribution is -0.115. The second-order valence-corrected chi connectivity index (χ2v) is 11.8. The van der Waals surface area contributed by atoms with Gasteiger partial charge in [0.2, 0.25) is 5.91 Å². The highest BCUT2D eigenvalue weighted by atomic mass is 16.5. The van der Waals surface area contributed by atoms with Gasteiger partial charge in [0.05, 0.1) is 32.0 Å². The van der Waals surface area contributed by atoms with E-state index in [0.29, 0.717) is 48.7 Å². The molecule has 1 saturated carbocycles. The van der Waals surface area contributed by atoms with E-state index in [1.54, 1.807) is 32.4 Å². The number of nitrogens with zero attached hydrogens (tertiary/aromatic N) is 2. The van der Waals surface area contributed by atoms with E-state index in [0.717, 1.165) is 49.1 Å². The number of nitrogens with two attached hydrogens (primary N) is 1. The van der Waals surface area contributed by atoms with E-state index >= 15 is 0 Å². The van der Waals surface area contributed by atoms with E-state index in [1.165, 1.54) is 0 Å². The van der Waals surface area contributed by atoms with Crippen molar-refractivity contribution in [2.24, 2.45) is 5.73 Å². The Labute approximate surface area is 264 Å². The molecule has 5 rings (SSSR count). The van der Waals surface area contributed by atoms with Crippen LogP contribution in [-0.4, -0.2) is 75.1 Å². The van der Waals surface area contributed by atoms with Crippen LogP contribution in [0.5, 0.6) is 11.5 Å². The number of carbonyl (C=O) groups is 3. The number of nitrogens with one attached hydrogen (secondary N) is 2. The summed E-state index contributed by atoms with van der Waals surface area (Å²) in [5, 5.41) is 6.23. The fraction of sp³-hybridized carbons (Fsp3) is 0.400. The number of anilines is 2. The maximum absolute atomic E-state index is 13.3. The molecule has 1 aliphatic carbocycles. The molecule has 2 aliphatic rings. The van der Waals surface area contributed by atoms with Crippen molar-refractivity contribution >= 4 is 29.1 Å². The quantitative estimate of drug-likeness (QED) is 0.330. The molecule has 0 bridgehead atoms. The van der Waals surface area contributed by atoms with Crippen molar-refractivity contribution in [3.63, 3.8) is 0 Å². The topological polar surface area (TPSA) is 126 Å². The fourth-order valence-electron chi connectivity index (χ4n) is 6.01. The van der Waals surface area contributed by atoms with Crippen LogP contribution in [0.2, 0.25) is 0 Å². The Hall–Kier alpha value is -4.57. The van der Waals surface area contributed by atoms with E-state index in [9.17, 15) is 14.4 Å². The third kappa shape index (κ3) is 8.33. The van der Waals surface area contributed by atoms with Crippen LogP contribution >= 0.6 is 0 Å². The van der Waals surface area contributed by atoms with Crippen LogP contribution in [0.3, 0.4) is 0 Å². The minimum atomic E-state index is -0.190. The lowest BCUT2D eigenvalue weighted by Gasteiger charge is -2.28. The van der Waals surface area contributed by atoms with Gasteiger partial charge < -0.3 is 35.6 Å². The monoisotopic (exact) mass is 613 g/mol. The normalized spacial score (nSPS) is 18.5. The summed E-state index contributed by atoms with van der Waals surface area (Å²) in [4.78, 5) is 43.9. The number of carbonyl (C=O) groups excluding carboxylic acids is 3. The van der Waals surface area contributed by atoms with Crippen LogP contribution < -0.4 is 30.7 Å². The number of amides is 3. The molecule has 0 spiro atoms. The van der Waals surface area contributed by atoms with Crippen LogP contribution in [-0.2, 0) is 11.2 Å². The molecular formula is C35H43N5O5. The number of hydrogen-bond donors (Lipinski definition) is 3. The standard InChI is InChI=1S/C35H43N5O5/c1-44-29-14-7-24(8-15-29)21-33(41)38-31-23-25(34(42)37-28-12-10-27(36)11-13-28)9-16-32(31)39-17-4-18-40(20-19-39)35(43)26-5-3-6-30(22-26)45-2/h3,5-9,14-16,22-23,27-28H,4,10-13,17-21,36H2,1-2H3,(H,37,42)(H,38,41). The first kappa shape index (κ1) is 31.8. The van der Waals surface area contributed by atoms with Crippen LogP contribution in [0.1, 0.15) is 58.4 Å². The van der Waals surface area contributed by atoms with Gasteiger partial charge in [-0.2, -0.15) is 0 Å². The van der Waals surface area contributed by atoms with Gasteiger partial charge in [-0.15, -0.1) is 0 Å². The summed E-state index contributed by atoms with van der Waals surface area (Å²) in [7, 11) is 3.19. The Balaban J connectivity index is 1.33. The summed E-state index contributed by atoms with van der Waals surface area (Å²) < 4.78 is 10.5. The lowest BCUT2D eigenvalue weighted by atomic mass is 9.91. The average Bonchev–Trinajstić information content (AvgIpc) is 3.32. The SMILES string of the molecule is COc1ccc(CC(=O)Nc2cc(C(=O)NC3CCC(N)CC3)ccc2N2CCCN(C(=O)c3cccc(OC)c3)CC2)cc1. The maximum atomic E-state index is 13.3. The zero-order valence-electron chi connectivity index (χ0n) is 26.1. The molecule has 3 aromatic rings. The van der Waals surface area contributed by atoms with Gasteiger partial charge in [-0.05, 0) is 86.2 Å². The number of rotatable bonds is 9. The summed E-state index contributed by atoms with van der Waals surface area (Å²) in [6.45, 7) is 2.39. The summed E-state index contributed by atoms with van der Waals surface area (Å²) in [6.07, 6.45) is 4.42. The number of ether oxygens (including phenoxy) is 2. The molecule has 0 radical (unpaired) electrons. The Morgan fingerprint density at radius 3 is 2.31 bits per heavy atom.